The Bertz CT molecular complexity index is 1850. The number of unbranched alkanes of at least 4 members (excludes halogenated alkanes) is 2. The Kier molecular flexibility index (Phi) is 11.6. The van der Waals surface area contributed by atoms with Crippen LogP contribution in [0.1, 0.15) is 133 Å². The van der Waals surface area contributed by atoms with Crippen LogP contribution in [0.5, 0.6) is 11.5 Å². The fourth-order valence-corrected chi connectivity index (χ4v) is 12.7. The molecule has 2 amide bonds. The molecule has 14 nitrogen and oxygen atoms in total. The zero-order chi connectivity index (χ0) is 43.7. The van der Waals surface area contributed by atoms with Crippen LogP contribution in [0.3, 0.4) is 0 Å². The van der Waals surface area contributed by atoms with Crippen LogP contribution in [0.4, 0.5) is 0 Å². The van der Waals surface area contributed by atoms with Gasteiger partial charge in [-0.05, 0) is 144 Å². The number of nitrogens with one attached hydrogen (secondary N) is 2. The number of carbonyl (C=O) groups excluding carboxylic acids is 2. The third-order valence-electron chi connectivity index (χ3n) is 16.4. The van der Waals surface area contributed by atoms with Gasteiger partial charge in [-0.2, -0.15) is 0 Å². The summed E-state index contributed by atoms with van der Waals surface area (Å²) in [6, 6.07) is 14.4. The average Bonchev–Trinajstić information content (AvgIpc) is 3.65. The fraction of sp³-hybridized carbons (Fsp3) is 0.714. The quantitative estimate of drug-likeness (QED) is 0.156. The number of amides is 2. The maximum atomic E-state index is 13.0. The summed E-state index contributed by atoms with van der Waals surface area (Å²) in [5.41, 5.74) is -0.170. The first kappa shape index (κ1) is 43.5. The van der Waals surface area contributed by atoms with Crippen molar-refractivity contribution in [2.75, 3.05) is 13.1 Å². The lowest BCUT2D eigenvalue weighted by molar-refractivity contribution is -0.575. The van der Waals surface area contributed by atoms with E-state index in [4.69, 9.17) is 48.0 Å². The highest BCUT2D eigenvalue weighted by atomic mass is 17.3. The van der Waals surface area contributed by atoms with E-state index < -0.39 is 47.9 Å². The Morgan fingerprint density at radius 3 is 1.38 bits per heavy atom. The van der Waals surface area contributed by atoms with E-state index in [-0.39, 0.29) is 35.5 Å². The molecule has 12 rings (SSSR count). The van der Waals surface area contributed by atoms with E-state index in [0.717, 1.165) is 70.6 Å². The molecule has 10 fully saturated rings. The molecule has 2 N–H and O–H groups in total. The van der Waals surface area contributed by atoms with Crippen molar-refractivity contribution in [3.05, 3.63) is 59.7 Å². The molecule has 2 aliphatic carbocycles. The monoisotopic (exact) mass is 874 g/mol. The van der Waals surface area contributed by atoms with E-state index in [1.165, 1.54) is 0 Å². The van der Waals surface area contributed by atoms with Crippen LogP contribution in [0.2, 0.25) is 0 Å². The lowest BCUT2D eigenvalue weighted by Crippen LogP contribution is -2.70. The van der Waals surface area contributed by atoms with Crippen molar-refractivity contribution in [1.82, 2.24) is 10.6 Å². The van der Waals surface area contributed by atoms with Crippen molar-refractivity contribution in [3.63, 3.8) is 0 Å². The number of fused-ring (bicyclic) bond motifs is 4. The van der Waals surface area contributed by atoms with Gasteiger partial charge in [-0.25, -0.2) is 19.6 Å². The Morgan fingerprint density at radius 1 is 0.556 bits per heavy atom. The second-order valence-corrected chi connectivity index (χ2v) is 20.4. The van der Waals surface area contributed by atoms with E-state index in [2.05, 4.69) is 38.3 Å². The van der Waals surface area contributed by atoms with E-state index in [9.17, 15) is 9.59 Å². The molecule has 2 spiro atoms. The van der Waals surface area contributed by atoms with Crippen LogP contribution < -0.4 is 20.1 Å². The first-order valence-electron chi connectivity index (χ1n) is 23.8. The van der Waals surface area contributed by atoms with Crippen LogP contribution in [-0.4, -0.2) is 72.8 Å². The van der Waals surface area contributed by atoms with Gasteiger partial charge in [0.2, 0.25) is 24.2 Å². The van der Waals surface area contributed by atoms with Crippen LogP contribution >= 0.6 is 0 Å². The summed E-state index contributed by atoms with van der Waals surface area (Å²) in [7, 11) is 0. The fourth-order valence-electron chi connectivity index (χ4n) is 12.7. The standard InChI is InChI=1S/C49H66N2O12/c1-28-10-20-38-30(3)42(56-44-48(38)36(28)22-24-46(5,58-44)60-62-48)54-34-16-12-32(13-17-34)40(52)50-26-8-7-9-27-51-41(53)33-14-18-35(19-15-33)55-43-31(4)39-21-11-29(2)37-23-25-47(6)59-45(57-43)49(37,39)63-61-47/h12-19,28-31,36-39,42-45H,7-11,20-27H2,1-6H3,(H,50,52)(H,51,53)/t28-,29-,30-,31-,36?,37?,38?,39?,42+,43+,44?,45?,46-,47-,48-,49-/m1/s1. The van der Waals surface area contributed by atoms with Gasteiger partial charge in [0.15, 0.2) is 23.8 Å². The normalized spacial score (nSPS) is 43.4. The number of ether oxygens (including phenoxy) is 6. The number of benzene rings is 2. The highest BCUT2D eigenvalue weighted by molar-refractivity contribution is 5.94. The highest BCUT2D eigenvalue weighted by Gasteiger charge is 2.71. The SMILES string of the molecule is C[C@@H]1CCC2[C@@H](C)[C@@H](Oc3ccc(C(=O)NCCCCCNC(=O)c4ccc(O[C@H]5OC6O[C@@]7(C)CCC8[C@H](C)CCC([C@H]5C)[C@@]68OO7)cc4)cc3)OC3O[C@@]4(C)CCC1[C@]32OO4. The van der Waals surface area contributed by atoms with Gasteiger partial charge in [-0.15, -0.1) is 0 Å². The Labute approximate surface area is 370 Å². The van der Waals surface area contributed by atoms with Gasteiger partial charge in [-0.3, -0.25) is 9.59 Å². The Morgan fingerprint density at radius 2 is 0.968 bits per heavy atom. The molecule has 2 saturated carbocycles. The number of hydrogen-bond donors (Lipinski definition) is 2. The third-order valence-corrected chi connectivity index (χ3v) is 16.4. The zero-order valence-corrected chi connectivity index (χ0v) is 37.6. The number of rotatable bonds is 12. The summed E-state index contributed by atoms with van der Waals surface area (Å²) in [5.74, 6) is 1.27. The summed E-state index contributed by atoms with van der Waals surface area (Å²) in [5, 5.41) is 6.03. The maximum Gasteiger partial charge on any atom is 0.251 e. The first-order valence-corrected chi connectivity index (χ1v) is 23.8. The van der Waals surface area contributed by atoms with E-state index in [0.29, 0.717) is 59.4 Å². The van der Waals surface area contributed by atoms with Crippen molar-refractivity contribution in [2.24, 2.45) is 47.3 Å². The summed E-state index contributed by atoms with van der Waals surface area (Å²) in [4.78, 5) is 50.3. The van der Waals surface area contributed by atoms with Gasteiger partial charge >= 0.3 is 0 Å². The molecule has 0 aromatic heterocycles. The molecule has 2 aromatic carbocycles. The van der Waals surface area contributed by atoms with Crippen LogP contribution in [-0.2, 0) is 38.5 Å². The molecule has 63 heavy (non-hydrogen) atoms. The smallest absolute Gasteiger partial charge is 0.251 e. The van der Waals surface area contributed by atoms with Gasteiger partial charge in [-0.1, -0.05) is 27.7 Å². The maximum absolute atomic E-state index is 13.0. The summed E-state index contributed by atoms with van der Waals surface area (Å²) >= 11 is 0. The molecule has 4 bridgehead atoms. The molecule has 2 aromatic rings. The molecular weight excluding hydrogens is 809 g/mol. The third kappa shape index (κ3) is 7.67. The minimum absolute atomic E-state index is 0.0439. The van der Waals surface area contributed by atoms with Crippen LogP contribution in [0, 0.1) is 47.3 Å². The van der Waals surface area contributed by atoms with Crippen molar-refractivity contribution in [3.8, 4) is 11.5 Å². The Balaban J connectivity index is 0.644. The number of hydrogen-bond acceptors (Lipinski definition) is 12. The molecule has 8 heterocycles. The second kappa shape index (κ2) is 16.8. The minimum Gasteiger partial charge on any atom is -0.465 e. The molecule has 10 aliphatic rings. The predicted molar refractivity (Wildman–Crippen MR) is 226 cm³/mol. The van der Waals surface area contributed by atoms with E-state index >= 15 is 0 Å². The Hall–Kier alpha value is -3.34. The molecule has 344 valence electrons. The molecule has 14 heteroatoms. The van der Waals surface area contributed by atoms with E-state index in [1.54, 1.807) is 24.3 Å². The van der Waals surface area contributed by atoms with Crippen molar-refractivity contribution in [1.29, 1.82) is 0 Å². The van der Waals surface area contributed by atoms with E-state index in [1.807, 2.05) is 38.1 Å². The van der Waals surface area contributed by atoms with Crippen LogP contribution in [0.25, 0.3) is 0 Å². The second-order valence-electron chi connectivity index (χ2n) is 20.4. The molecule has 0 radical (unpaired) electrons. The van der Waals surface area contributed by atoms with Gasteiger partial charge in [0.1, 0.15) is 11.5 Å². The zero-order valence-electron chi connectivity index (χ0n) is 37.6. The average molecular weight is 875 g/mol. The minimum atomic E-state index is -0.843. The van der Waals surface area contributed by atoms with Gasteiger partial charge in [0.05, 0.1) is 0 Å². The highest BCUT2D eigenvalue weighted by Crippen LogP contribution is 2.62. The molecule has 8 saturated heterocycles. The van der Waals surface area contributed by atoms with Gasteiger partial charge in [0, 0.05) is 60.7 Å². The predicted octanol–water partition coefficient (Wildman–Crippen LogP) is 8.19. The molecule has 6 unspecified atom stereocenters. The topological polar surface area (TPSA) is 150 Å². The number of carbonyl (C=O) groups is 2. The largest absolute Gasteiger partial charge is 0.465 e. The van der Waals surface area contributed by atoms with Crippen LogP contribution in [0.15, 0.2) is 48.5 Å². The summed E-state index contributed by atoms with van der Waals surface area (Å²) in [6.07, 6.45) is 7.92. The lowest BCUT2D eigenvalue weighted by atomic mass is 9.58. The van der Waals surface area contributed by atoms with Gasteiger partial charge in [0.25, 0.3) is 11.8 Å². The van der Waals surface area contributed by atoms with Crippen molar-refractivity contribution < 1.29 is 57.6 Å². The summed E-state index contributed by atoms with van der Waals surface area (Å²) < 4.78 is 38.9. The first-order chi connectivity index (χ1) is 30.3. The summed E-state index contributed by atoms with van der Waals surface area (Å²) in [6.45, 7) is 13.8. The molecular formula is C49H66N2O12. The van der Waals surface area contributed by atoms with Crippen molar-refractivity contribution in [2.45, 2.75) is 160 Å². The van der Waals surface area contributed by atoms with Gasteiger partial charge < -0.3 is 39.1 Å². The molecule has 8 aliphatic heterocycles. The lowest BCUT2D eigenvalue weighted by Gasteiger charge is -2.60. The molecule has 16 atom stereocenters. The van der Waals surface area contributed by atoms with Crippen molar-refractivity contribution >= 4 is 11.8 Å².